The zero-order valence-electron chi connectivity index (χ0n) is 17.6. The molecule has 1 aromatic rings. The summed E-state index contributed by atoms with van der Waals surface area (Å²) in [4.78, 5) is 0. The van der Waals surface area contributed by atoms with Gasteiger partial charge in [-0.25, -0.2) is 9.13 Å². The van der Waals surface area contributed by atoms with Crippen molar-refractivity contribution in [1.29, 1.82) is 0 Å². The molecule has 2 nitrogen and oxygen atoms in total. The Hall–Kier alpha value is -0.790. The third-order valence-corrected chi connectivity index (χ3v) is 5.44. The highest BCUT2D eigenvalue weighted by molar-refractivity contribution is 4.83. The molecule has 0 amide bonds. The Morgan fingerprint density at radius 1 is 0.680 bits per heavy atom. The zero-order valence-corrected chi connectivity index (χ0v) is 17.6. The van der Waals surface area contributed by atoms with Crippen LogP contribution < -0.4 is 4.57 Å². The Bertz CT molecular complexity index is 408. The minimum atomic E-state index is 1.10. The lowest BCUT2D eigenvalue weighted by Gasteiger charge is -2.05. The number of nitrogens with zero attached hydrogens (tertiary/aromatic N) is 2. The van der Waals surface area contributed by atoms with E-state index >= 15 is 0 Å². The molecule has 0 radical (unpaired) electrons. The molecule has 146 valence electrons. The van der Waals surface area contributed by atoms with E-state index < -0.39 is 0 Å². The van der Waals surface area contributed by atoms with Crippen LogP contribution in [0.3, 0.4) is 0 Å². The minimum absolute atomic E-state index is 1.10. The maximum Gasteiger partial charge on any atom is 0.256 e. The molecule has 0 atom stereocenters. The van der Waals surface area contributed by atoms with Crippen LogP contribution in [0.15, 0.2) is 12.4 Å². The predicted octanol–water partition coefficient (Wildman–Crippen LogP) is 6.84. The largest absolute Gasteiger partial charge is 0.256 e. The molecule has 0 aliphatic carbocycles. The number of imidazole rings is 1. The highest BCUT2D eigenvalue weighted by atomic mass is 15.1. The van der Waals surface area contributed by atoms with Gasteiger partial charge in [-0.2, -0.15) is 0 Å². The van der Waals surface area contributed by atoms with Gasteiger partial charge in [0.25, 0.3) is 5.82 Å². The average Bonchev–Trinajstić information content (AvgIpc) is 3.02. The molecule has 0 N–H and O–H groups in total. The number of aryl methyl sites for hydroxylation is 2. The van der Waals surface area contributed by atoms with E-state index in [0.717, 1.165) is 6.54 Å². The molecule has 1 heterocycles. The minimum Gasteiger partial charge on any atom is -0.235 e. The summed E-state index contributed by atoms with van der Waals surface area (Å²) in [6.45, 7) is 9.16. The van der Waals surface area contributed by atoms with E-state index in [0.29, 0.717) is 0 Å². The molecule has 0 saturated heterocycles. The van der Waals surface area contributed by atoms with E-state index in [2.05, 4.69) is 42.3 Å². The van der Waals surface area contributed by atoms with Gasteiger partial charge in [0, 0.05) is 6.42 Å². The van der Waals surface area contributed by atoms with Crippen LogP contribution in [0.2, 0.25) is 0 Å². The van der Waals surface area contributed by atoms with Crippen LogP contribution in [0.1, 0.15) is 116 Å². The smallest absolute Gasteiger partial charge is 0.235 e. The van der Waals surface area contributed by atoms with Crippen LogP contribution in [0, 0.1) is 0 Å². The maximum absolute atomic E-state index is 2.52. The van der Waals surface area contributed by atoms with Crippen molar-refractivity contribution >= 4 is 0 Å². The highest BCUT2D eigenvalue weighted by Gasteiger charge is 2.14. The molecule has 1 aromatic heterocycles. The third-order valence-electron chi connectivity index (χ3n) is 5.44. The van der Waals surface area contributed by atoms with Crippen molar-refractivity contribution in [1.82, 2.24) is 4.57 Å². The summed E-state index contributed by atoms with van der Waals surface area (Å²) in [5, 5.41) is 0. The first kappa shape index (κ1) is 22.3. The topological polar surface area (TPSA) is 8.81 Å². The lowest BCUT2D eigenvalue weighted by molar-refractivity contribution is -0.704. The van der Waals surface area contributed by atoms with Gasteiger partial charge >= 0.3 is 0 Å². The van der Waals surface area contributed by atoms with Gasteiger partial charge < -0.3 is 0 Å². The lowest BCUT2D eigenvalue weighted by Crippen LogP contribution is -2.37. The Morgan fingerprint density at radius 2 is 1.20 bits per heavy atom. The molecule has 25 heavy (non-hydrogen) atoms. The van der Waals surface area contributed by atoms with Gasteiger partial charge in [-0.05, 0) is 26.2 Å². The fourth-order valence-corrected chi connectivity index (χ4v) is 3.76. The molecule has 2 heteroatoms. The summed E-state index contributed by atoms with van der Waals surface area (Å²) in [6.07, 6.45) is 25.5. The molecule has 0 aliphatic heterocycles. The van der Waals surface area contributed by atoms with Crippen molar-refractivity contribution in [3.05, 3.63) is 18.2 Å². The summed E-state index contributed by atoms with van der Waals surface area (Å²) in [7, 11) is 0. The molecule has 0 aliphatic rings. The fourth-order valence-electron chi connectivity index (χ4n) is 3.76. The van der Waals surface area contributed by atoms with E-state index in [1.807, 2.05) is 0 Å². The fraction of sp³-hybridized carbons (Fsp3) is 0.870. The molecular formula is C23H45N2+. The van der Waals surface area contributed by atoms with Gasteiger partial charge in [0.1, 0.15) is 12.4 Å². The van der Waals surface area contributed by atoms with Crippen LogP contribution in [0.5, 0.6) is 0 Å². The van der Waals surface area contributed by atoms with Crippen LogP contribution in [-0.4, -0.2) is 4.57 Å². The molecule has 0 aromatic carbocycles. The summed E-state index contributed by atoms with van der Waals surface area (Å²) in [5.74, 6) is 1.54. The zero-order chi connectivity index (χ0) is 18.2. The average molecular weight is 350 g/mol. The Balaban J connectivity index is 2.10. The summed E-state index contributed by atoms with van der Waals surface area (Å²) < 4.78 is 4.96. The lowest BCUT2D eigenvalue weighted by atomic mass is 10.1. The van der Waals surface area contributed by atoms with Crippen molar-refractivity contribution < 1.29 is 4.57 Å². The van der Waals surface area contributed by atoms with Gasteiger partial charge in [-0.1, -0.05) is 84.5 Å². The first-order chi connectivity index (χ1) is 12.3. The third kappa shape index (κ3) is 10.1. The number of unbranched alkanes of at least 4 members (excludes halogenated alkanes) is 12. The Labute approximate surface area is 158 Å². The monoisotopic (exact) mass is 349 g/mol. The van der Waals surface area contributed by atoms with E-state index in [1.165, 1.54) is 103 Å². The first-order valence-electron chi connectivity index (χ1n) is 11.4. The molecule has 0 unspecified atom stereocenters. The van der Waals surface area contributed by atoms with Crippen molar-refractivity contribution in [3.63, 3.8) is 0 Å². The maximum atomic E-state index is 2.52. The normalized spacial score (nSPS) is 11.3. The van der Waals surface area contributed by atoms with Crippen molar-refractivity contribution in [2.24, 2.45) is 0 Å². The van der Waals surface area contributed by atoms with Gasteiger partial charge in [-0.3, -0.25) is 0 Å². The molecule has 0 fully saturated rings. The molecule has 0 saturated carbocycles. The number of hydrogen-bond donors (Lipinski definition) is 0. The van der Waals surface area contributed by atoms with Crippen LogP contribution in [0.25, 0.3) is 0 Å². The van der Waals surface area contributed by atoms with E-state index in [-0.39, 0.29) is 0 Å². The van der Waals surface area contributed by atoms with Crippen LogP contribution in [-0.2, 0) is 19.5 Å². The number of aromatic nitrogens is 2. The van der Waals surface area contributed by atoms with Gasteiger partial charge in [-0.15, -0.1) is 0 Å². The quantitative estimate of drug-likeness (QED) is 0.215. The Kier molecular flexibility index (Phi) is 13.8. The number of rotatable bonds is 17. The van der Waals surface area contributed by atoms with Gasteiger partial charge in [0.05, 0.1) is 13.1 Å². The van der Waals surface area contributed by atoms with Gasteiger partial charge in [0.15, 0.2) is 0 Å². The molecule has 1 rings (SSSR count). The highest BCUT2D eigenvalue weighted by Crippen LogP contribution is 2.11. The second-order valence-corrected chi connectivity index (χ2v) is 7.69. The summed E-state index contributed by atoms with van der Waals surface area (Å²) in [5.41, 5.74) is 0. The molecule has 0 bridgehead atoms. The van der Waals surface area contributed by atoms with Gasteiger partial charge in [0.2, 0.25) is 0 Å². The standard InChI is InChI=1S/C23H45N2/c1-4-7-9-10-11-12-13-14-15-16-18-20-25-22-21-24(6-3)23(25)19-17-8-5-2/h21-22H,4-20H2,1-3H3/q+1. The SMILES string of the molecule is CCCCCCCCCCCCC[n+]1ccn(CC)c1CCCCC. The van der Waals surface area contributed by atoms with Crippen LogP contribution in [0.4, 0.5) is 0 Å². The second-order valence-electron chi connectivity index (χ2n) is 7.69. The van der Waals surface area contributed by atoms with Crippen molar-refractivity contribution in [2.45, 2.75) is 130 Å². The van der Waals surface area contributed by atoms with Crippen molar-refractivity contribution in [2.75, 3.05) is 0 Å². The second kappa shape index (κ2) is 15.5. The van der Waals surface area contributed by atoms with E-state index in [1.54, 1.807) is 5.82 Å². The number of hydrogen-bond acceptors (Lipinski definition) is 0. The summed E-state index contributed by atoms with van der Waals surface area (Å²) in [6, 6.07) is 0. The van der Waals surface area contributed by atoms with E-state index in [4.69, 9.17) is 0 Å². The summed E-state index contributed by atoms with van der Waals surface area (Å²) >= 11 is 0. The van der Waals surface area contributed by atoms with Crippen molar-refractivity contribution in [3.8, 4) is 0 Å². The Morgan fingerprint density at radius 3 is 1.76 bits per heavy atom. The predicted molar refractivity (Wildman–Crippen MR) is 110 cm³/mol. The van der Waals surface area contributed by atoms with E-state index in [9.17, 15) is 0 Å². The molecule has 0 spiro atoms. The first-order valence-corrected chi connectivity index (χ1v) is 11.4. The van der Waals surface area contributed by atoms with Crippen LogP contribution >= 0.6 is 0 Å². The molecular weight excluding hydrogens is 304 g/mol.